The lowest BCUT2D eigenvalue weighted by atomic mass is 10.3. The van der Waals surface area contributed by atoms with E-state index in [9.17, 15) is 9.18 Å². The molecule has 3 N–H and O–H groups in total. The van der Waals surface area contributed by atoms with Gasteiger partial charge in [0.1, 0.15) is 11.6 Å². The third-order valence-corrected chi connectivity index (χ3v) is 3.87. The van der Waals surface area contributed by atoms with Crippen LogP contribution in [0.1, 0.15) is 19.7 Å². The molecule has 0 aliphatic heterocycles. The van der Waals surface area contributed by atoms with Crippen LogP contribution in [0.15, 0.2) is 29.4 Å². The normalized spacial score (nSPS) is 11.0. The minimum Gasteiger partial charge on any atom is -0.353 e. The van der Waals surface area contributed by atoms with Crippen LogP contribution >= 0.6 is 11.8 Å². The molecule has 1 aromatic heterocycles. The summed E-state index contributed by atoms with van der Waals surface area (Å²) in [5, 5.41) is 11.4. The molecule has 1 heterocycles. The number of carbonyl (C=O) groups is 1. The van der Waals surface area contributed by atoms with Gasteiger partial charge in [0, 0.05) is 12.5 Å². The molecule has 0 spiro atoms. The first-order chi connectivity index (χ1) is 11.0. The molecular formula is C15H20FN5OS. The van der Waals surface area contributed by atoms with Crippen molar-refractivity contribution in [2.24, 2.45) is 5.73 Å². The Hall–Kier alpha value is -1.93. The topological polar surface area (TPSA) is 85.8 Å². The van der Waals surface area contributed by atoms with E-state index >= 15 is 0 Å². The molecular weight excluding hydrogens is 317 g/mol. The molecule has 1 amide bonds. The Balaban J connectivity index is 2.27. The Bertz CT molecular complexity index is 674. The first-order valence-electron chi connectivity index (χ1n) is 7.34. The lowest BCUT2D eigenvalue weighted by Gasteiger charge is -2.11. The van der Waals surface area contributed by atoms with Crippen molar-refractivity contribution in [2.45, 2.75) is 31.5 Å². The molecule has 0 bridgehead atoms. The molecule has 124 valence electrons. The van der Waals surface area contributed by atoms with Gasteiger partial charge in [0.2, 0.25) is 5.91 Å². The van der Waals surface area contributed by atoms with E-state index in [1.54, 1.807) is 22.8 Å². The van der Waals surface area contributed by atoms with E-state index in [-0.39, 0.29) is 23.5 Å². The predicted molar refractivity (Wildman–Crippen MR) is 88.1 cm³/mol. The monoisotopic (exact) mass is 337 g/mol. The number of carbonyl (C=O) groups excluding carboxylic acids is 1. The van der Waals surface area contributed by atoms with Crippen molar-refractivity contribution in [3.8, 4) is 5.69 Å². The van der Waals surface area contributed by atoms with Crippen LogP contribution in [0.2, 0.25) is 0 Å². The van der Waals surface area contributed by atoms with E-state index < -0.39 is 0 Å². The zero-order chi connectivity index (χ0) is 16.8. The molecule has 0 saturated carbocycles. The van der Waals surface area contributed by atoms with Gasteiger partial charge in [-0.25, -0.2) is 4.39 Å². The van der Waals surface area contributed by atoms with Gasteiger partial charge >= 0.3 is 0 Å². The fraction of sp³-hybridized carbons (Fsp3) is 0.400. The van der Waals surface area contributed by atoms with Gasteiger partial charge in [-0.05, 0) is 32.5 Å². The minimum absolute atomic E-state index is 0.0698. The van der Waals surface area contributed by atoms with Gasteiger partial charge in [-0.1, -0.05) is 23.9 Å². The Kier molecular flexibility index (Phi) is 6.12. The molecule has 0 aliphatic rings. The van der Waals surface area contributed by atoms with Crippen LogP contribution in [0.4, 0.5) is 4.39 Å². The number of hydrogen-bond acceptors (Lipinski definition) is 5. The predicted octanol–water partition coefficient (Wildman–Crippen LogP) is 1.52. The quantitative estimate of drug-likeness (QED) is 0.748. The highest BCUT2D eigenvalue weighted by Gasteiger charge is 2.17. The zero-order valence-corrected chi connectivity index (χ0v) is 13.9. The van der Waals surface area contributed by atoms with Crippen molar-refractivity contribution in [3.63, 3.8) is 0 Å². The first kappa shape index (κ1) is 17.4. The average Bonchev–Trinajstić information content (AvgIpc) is 2.88. The SMILES string of the molecule is CC(C)NC(=O)CSc1nnc(CCN)n1-c1ccccc1F. The van der Waals surface area contributed by atoms with Crippen molar-refractivity contribution in [1.29, 1.82) is 0 Å². The second-order valence-electron chi connectivity index (χ2n) is 5.24. The number of amides is 1. The second-order valence-corrected chi connectivity index (χ2v) is 6.18. The summed E-state index contributed by atoms with van der Waals surface area (Å²) in [5.74, 6) is 0.282. The minimum atomic E-state index is -0.376. The van der Waals surface area contributed by atoms with E-state index in [0.29, 0.717) is 29.6 Å². The largest absolute Gasteiger partial charge is 0.353 e. The molecule has 1 aromatic carbocycles. The molecule has 23 heavy (non-hydrogen) atoms. The van der Waals surface area contributed by atoms with Crippen molar-refractivity contribution in [3.05, 3.63) is 35.9 Å². The summed E-state index contributed by atoms with van der Waals surface area (Å²) in [6, 6.07) is 6.46. The van der Waals surface area contributed by atoms with Crippen LogP contribution < -0.4 is 11.1 Å². The number of aromatic nitrogens is 3. The fourth-order valence-electron chi connectivity index (χ4n) is 2.05. The maximum Gasteiger partial charge on any atom is 0.230 e. The van der Waals surface area contributed by atoms with Crippen LogP contribution in [-0.2, 0) is 11.2 Å². The van der Waals surface area contributed by atoms with Gasteiger partial charge in [-0.15, -0.1) is 10.2 Å². The van der Waals surface area contributed by atoms with E-state index in [2.05, 4.69) is 15.5 Å². The van der Waals surface area contributed by atoms with Crippen molar-refractivity contribution in [1.82, 2.24) is 20.1 Å². The number of nitrogens with one attached hydrogen (secondary N) is 1. The molecule has 0 fully saturated rings. The standard InChI is InChI=1S/C15H20FN5OS/c1-10(2)18-14(22)9-23-15-20-19-13(7-8-17)21(15)12-6-4-3-5-11(12)16/h3-6,10H,7-9,17H2,1-2H3,(H,18,22). The molecule has 2 rings (SSSR count). The third-order valence-electron chi connectivity index (χ3n) is 2.94. The fourth-order valence-corrected chi connectivity index (χ4v) is 2.83. The highest BCUT2D eigenvalue weighted by Crippen LogP contribution is 2.24. The average molecular weight is 337 g/mol. The first-order valence-corrected chi connectivity index (χ1v) is 8.33. The van der Waals surface area contributed by atoms with E-state index in [0.717, 1.165) is 0 Å². The van der Waals surface area contributed by atoms with Gasteiger partial charge in [0.05, 0.1) is 11.4 Å². The Morgan fingerprint density at radius 1 is 1.39 bits per heavy atom. The second kappa shape index (κ2) is 8.07. The van der Waals surface area contributed by atoms with Crippen LogP contribution in [0.5, 0.6) is 0 Å². The van der Waals surface area contributed by atoms with Crippen LogP contribution in [0, 0.1) is 5.82 Å². The summed E-state index contributed by atoms with van der Waals surface area (Å²) in [4.78, 5) is 11.8. The van der Waals surface area contributed by atoms with Gasteiger partial charge in [0.25, 0.3) is 0 Å². The van der Waals surface area contributed by atoms with E-state index in [1.807, 2.05) is 13.8 Å². The maximum absolute atomic E-state index is 14.1. The van der Waals surface area contributed by atoms with E-state index in [4.69, 9.17) is 5.73 Å². The zero-order valence-electron chi connectivity index (χ0n) is 13.1. The smallest absolute Gasteiger partial charge is 0.230 e. The third kappa shape index (κ3) is 4.52. The Labute approximate surface area is 138 Å². The number of rotatable bonds is 7. The maximum atomic E-state index is 14.1. The number of nitrogens with zero attached hydrogens (tertiary/aromatic N) is 3. The van der Waals surface area contributed by atoms with E-state index in [1.165, 1.54) is 17.8 Å². The molecule has 0 atom stereocenters. The molecule has 8 heteroatoms. The molecule has 2 aromatic rings. The number of para-hydroxylation sites is 1. The van der Waals surface area contributed by atoms with Crippen molar-refractivity contribution in [2.75, 3.05) is 12.3 Å². The highest BCUT2D eigenvalue weighted by atomic mass is 32.2. The highest BCUT2D eigenvalue weighted by molar-refractivity contribution is 7.99. The lowest BCUT2D eigenvalue weighted by Crippen LogP contribution is -2.31. The van der Waals surface area contributed by atoms with Gasteiger partial charge in [-0.2, -0.15) is 0 Å². The van der Waals surface area contributed by atoms with Crippen LogP contribution in [-0.4, -0.2) is 39.0 Å². The molecule has 0 radical (unpaired) electrons. The Morgan fingerprint density at radius 3 is 2.78 bits per heavy atom. The number of nitrogens with two attached hydrogens (primary N) is 1. The number of thioether (sulfide) groups is 1. The Morgan fingerprint density at radius 2 is 2.13 bits per heavy atom. The number of hydrogen-bond donors (Lipinski definition) is 2. The summed E-state index contributed by atoms with van der Waals surface area (Å²) in [6.07, 6.45) is 0.472. The van der Waals surface area contributed by atoms with Crippen molar-refractivity contribution < 1.29 is 9.18 Å². The van der Waals surface area contributed by atoms with Crippen molar-refractivity contribution >= 4 is 17.7 Å². The van der Waals surface area contributed by atoms with Crippen LogP contribution in [0.25, 0.3) is 5.69 Å². The molecule has 0 unspecified atom stereocenters. The molecule has 0 aliphatic carbocycles. The van der Waals surface area contributed by atoms with Gasteiger partial charge < -0.3 is 11.1 Å². The summed E-state index contributed by atoms with van der Waals surface area (Å²) < 4.78 is 15.7. The number of halogens is 1. The lowest BCUT2D eigenvalue weighted by molar-refractivity contribution is -0.119. The van der Waals surface area contributed by atoms with Crippen LogP contribution in [0.3, 0.4) is 0 Å². The summed E-state index contributed by atoms with van der Waals surface area (Å²) in [5.41, 5.74) is 5.94. The summed E-state index contributed by atoms with van der Waals surface area (Å²) >= 11 is 1.22. The molecule has 0 saturated heterocycles. The van der Waals surface area contributed by atoms with Gasteiger partial charge in [-0.3, -0.25) is 9.36 Å². The summed E-state index contributed by atoms with van der Waals surface area (Å²) in [6.45, 7) is 4.17. The summed E-state index contributed by atoms with van der Waals surface area (Å²) in [7, 11) is 0. The number of benzene rings is 1. The van der Waals surface area contributed by atoms with Gasteiger partial charge in [0.15, 0.2) is 5.16 Å². The molecule has 6 nitrogen and oxygen atoms in total.